The van der Waals surface area contributed by atoms with Gasteiger partial charge in [0.2, 0.25) is 29.4 Å². The van der Waals surface area contributed by atoms with Crippen LogP contribution in [0, 0.1) is 28.1 Å². The molecule has 5 atom stereocenters. The van der Waals surface area contributed by atoms with E-state index >= 15 is 0 Å². The number of ketones is 1. The van der Waals surface area contributed by atoms with Crippen LogP contribution in [-0.4, -0.2) is 95.0 Å². The lowest BCUT2D eigenvalue weighted by Gasteiger charge is -2.40. The number of hydrogen-bond acceptors (Lipinski definition) is 7. The van der Waals surface area contributed by atoms with Crippen molar-refractivity contribution in [1.29, 1.82) is 0 Å². The Morgan fingerprint density at radius 1 is 0.941 bits per heavy atom. The van der Waals surface area contributed by atoms with Gasteiger partial charge in [-0.15, -0.1) is 6.58 Å². The Kier molecular flexibility index (Phi) is 15.0. The summed E-state index contributed by atoms with van der Waals surface area (Å²) in [5.74, 6) is -3.32. The molecule has 0 saturated carbocycles. The topological polar surface area (TPSA) is 174 Å². The van der Waals surface area contributed by atoms with E-state index in [1.54, 1.807) is 0 Å². The predicted molar refractivity (Wildman–Crippen MR) is 196 cm³/mol. The molecule has 0 aromatic carbocycles. The van der Waals surface area contributed by atoms with Gasteiger partial charge in [-0.05, 0) is 40.9 Å². The Hall–Kier alpha value is -3.77. The summed E-state index contributed by atoms with van der Waals surface area (Å²) in [7, 11) is 0. The highest BCUT2D eigenvalue weighted by Crippen LogP contribution is 2.35. The summed E-state index contributed by atoms with van der Waals surface area (Å²) in [4.78, 5) is 96.5. The summed E-state index contributed by atoms with van der Waals surface area (Å²) >= 11 is 0. The number of carbonyl (C=O) groups is 7. The van der Waals surface area contributed by atoms with Gasteiger partial charge in [-0.3, -0.25) is 33.7 Å². The first-order valence-electron chi connectivity index (χ1n) is 18.4. The third-order valence-electron chi connectivity index (χ3n) is 9.93. The van der Waals surface area contributed by atoms with Crippen LogP contribution in [0.2, 0.25) is 0 Å². The minimum Gasteiger partial charge on any atom is -0.346 e. The molecule has 2 heterocycles. The Morgan fingerprint density at radius 2 is 1.53 bits per heavy atom. The van der Waals surface area contributed by atoms with Gasteiger partial charge >= 0.3 is 6.03 Å². The molecule has 0 radical (unpaired) electrons. The van der Waals surface area contributed by atoms with Gasteiger partial charge in [-0.2, -0.15) is 0 Å². The SMILES string of the molecule is C=CCNC(=O)C(=O)C(CCCC)NC(=O)[C@@H]1[C@@H](C(C)C)CCN1C(=O)[C@@H](NC(=O)N[C@H](CN1C(=O)CC(C)(C)CC1=O)C(C)(C)C)C(C)(C)C. The first-order valence-corrected chi connectivity index (χ1v) is 18.4. The van der Waals surface area contributed by atoms with E-state index in [4.69, 9.17) is 0 Å². The second-order valence-corrected chi connectivity index (χ2v) is 17.5. The van der Waals surface area contributed by atoms with Crippen LogP contribution >= 0.6 is 0 Å². The summed E-state index contributed by atoms with van der Waals surface area (Å²) in [6, 6.07) is -4.31. The zero-order valence-electron chi connectivity index (χ0n) is 32.9. The Labute approximate surface area is 304 Å². The number of Topliss-reactive ketones (excluding diaryl/α,β-unsaturated/α-hetero) is 1. The summed E-state index contributed by atoms with van der Waals surface area (Å²) in [6.45, 7) is 24.7. The molecule has 2 aliphatic rings. The number of nitrogens with zero attached hydrogens (tertiary/aromatic N) is 2. The first-order chi connectivity index (χ1) is 23.4. The van der Waals surface area contributed by atoms with E-state index in [1.807, 2.05) is 76.2 Å². The normalized spacial score (nSPS) is 21.1. The van der Waals surface area contributed by atoms with Gasteiger partial charge in [-0.1, -0.05) is 95.1 Å². The maximum atomic E-state index is 14.4. The molecule has 0 bridgehead atoms. The van der Waals surface area contributed by atoms with E-state index in [2.05, 4.69) is 27.8 Å². The van der Waals surface area contributed by atoms with Gasteiger partial charge in [0.05, 0.1) is 12.1 Å². The molecule has 0 spiro atoms. The number of piperidine rings is 1. The van der Waals surface area contributed by atoms with Crippen molar-refractivity contribution in [3.8, 4) is 0 Å². The van der Waals surface area contributed by atoms with Gasteiger partial charge in [0.15, 0.2) is 0 Å². The number of amides is 7. The van der Waals surface area contributed by atoms with Crippen molar-refractivity contribution in [2.45, 2.75) is 139 Å². The maximum absolute atomic E-state index is 14.4. The minimum atomic E-state index is -1.06. The standard InChI is InChI=1S/C38H64N6O7/c1-13-15-16-25(30(47)33(49)39-18-14-2)40-32(48)29-24(23(3)4)17-19-43(29)34(50)31(37(8,9)10)42-35(51)41-26(36(5,6)7)22-44-27(45)20-38(11,12)21-28(44)46/h14,23-26,29,31H,2,13,15-22H2,1,3-12H3,(H,39,49)(H,40,48)(H2,41,42,51)/t24-,25?,26-,29+,31-/m1/s1. The molecule has 13 nitrogen and oxygen atoms in total. The molecule has 2 aliphatic heterocycles. The van der Waals surface area contributed by atoms with Crippen molar-refractivity contribution in [3.05, 3.63) is 12.7 Å². The molecule has 2 rings (SSSR count). The van der Waals surface area contributed by atoms with Gasteiger partial charge in [0.1, 0.15) is 12.1 Å². The summed E-state index contributed by atoms with van der Waals surface area (Å²) in [6.07, 6.45) is 4.06. The maximum Gasteiger partial charge on any atom is 0.315 e. The Bertz CT molecular complexity index is 1310. The average Bonchev–Trinajstić information content (AvgIpc) is 3.45. The fourth-order valence-electron chi connectivity index (χ4n) is 6.72. The molecule has 288 valence electrons. The number of hydrogen-bond donors (Lipinski definition) is 4. The van der Waals surface area contributed by atoms with Crippen molar-refractivity contribution < 1.29 is 33.6 Å². The van der Waals surface area contributed by atoms with Crippen LogP contribution in [0.3, 0.4) is 0 Å². The minimum absolute atomic E-state index is 0.00718. The Morgan fingerprint density at radius 3 is 2.02 bits per heavy atom. The van der Waals surface area contributed by atoms with Crippen LogP contribution in [-0.2, 0) is 28.8 Å². The molecule has 0 aliphatic carbocycles. The molecule has 0 aromatic heterocycles. The van der Waals surface area contributed by atoms with Crippen molar-refractivity contribution in [3.63, 3.8) is 0 Å². The van der Waals surface area contributed by atoms with E-state index in [-0.39, 0.29) is 62.5 Å². The largest absolute Gasteiger partial charge is 0.346 e. The molecule has 2 saturated heterocycles. The van der Waals surface area contributed by atoms with Crippen LogP contribution in [0.1, 0.15) is 115 Å². The Balaban J connectivity index is 2.35. The van der Waals surface area contributed by atoms with Crippen LogP contribution in [0.25, 0.3) is 0 Å². The fourth-order valence-corrected chi connectivity index (χ4v) is 6.72. The highest BCUT2D eigenvalue weighted by Gasteiger charge is 2.48. The highest BCUT2D eigenvalue weighted by atomic mass is 16.2. The second kappa shape index (κ2) is 17.6. The molecule has 4 N–H and O–H groups in total. The summed E-state index contributed by atoms with van der Waals surface area (Å²) in [5.41, 5.74) is -1.77. The summed E-state index contributed by atoms with van der Waals surface area (Å²) in [5, 5.41) is 11.1. The van der Waals surface area contributed by atoms with Crippen LogP contribution in [0.15, 0.2) is 12.7 Å². The average molecular weight is 717 g/mol. The molecule has 13 heteroatoms. The van der Waals surface area contributed by atoms with Crippen molar-refractivity contribution in [2.24, 2.45) is 28.1 Å². The van der Waals surface area contributed by atoms with Gasteiger partial charge in [-0.25, -0.2) is 4.79 Å². The lowest BCUT2D eigenvalue weighted by atomic mass is 9.80. The van der Waals surface area contributed by atoms with E-state index in [0.717, 1.165) is 6.42 Å². The molecule has 51 heavy (non-hydrogen) atoms. The van der Waals surface area contributed by atoms with Crippen molar-refractivity contribution in [2.75, 3.05) is 19.6 Å². The smallest absolute Gasteiger partial charge is 0.315 e. The zero-order chi connectivity index (χ0) is 39.1. The lowest BCUT2D eigenvalue weighted by molar-refractivity contribution is -0.153. The highest BCUT2D eigenvalue weighted by molar-refractivity contribution is 6.38. The lowest BCUT2D eigenvalue weighted by Crippen LogP contribution is -2.63. The fraction of sp³-hybridized carbons (Fsp3) is 0.763. The van der Waals surface area contributed by atoms with Crippen LogP contribution < -0.4 is 21.3 Å². The summed E-state index contributed by atoms with van der Waals surface area (Å²) < 4.78 is 0. The molecule has 2 fully saturated rings. The van der Waals surface area contributed by atoms with E-state index in [0.29, 0.717) is 12.8 Å². The van der Waals surface area contributed by atoms with Gasteiger partial charge < -0.3 is 26.2 Å². The molecular formula is C38H64N6O7. The van der Waals surface area contributed by atoms with E-state index < -0.39 is 69.9 Å². The third kappa shape index (κ3) is 11.9. The number of likely N-dealkylation sites (tertiary alicyclic amines) is 2. The van der Waals surface area contributed by atoms with Gasteiger partial charge in [0.25, 0.3) is 5.91 Å². The molecule has 0 aromatic rings. The number of nitrogens with one attached hydrogen (secondary N) is 4. The van der Waals surface area contributed by atoms with Crippen molar-refractivity contribution in [1.82, 2.24) is 31.1 Å². The van der Waals surface area contributed by atoms with Gasteiger partial charge in [0, 0.05) is 32.5 Å². The van der Waals surface area contributed by atoms with E-state index in [9.17, 15) is 33.6 Å². The number of urea groups is 1. The number of carbonyl (C=O) groups excluding carboxylic acids is 7. The number of unbranched alkanes of at least 4 members (excludes halogenated alkanes) is 1. The molecule has 1 unspecified atom stereocenters. The monoisotopic (exact) mass is 716 g/mol. The van der Waals surface area contributed by atoms with Crippen LogP contribution in [0.5, 0.6) is 0 Å². The van der Waals surface area contributed by atoms with E-state index in [1.165, 1.54) is 15.9 Å². The van der Waals surface area contributed by atoms with Crippen LogP contribution in [0.4, 0.5) is 4.79 Å². The number of imide groups is 1. The second-order valence-electron chi connectivity index (χ2n) is 17.5. The molecular weight excluding hydrogens is 652 g/mol. The zero-order valence-corrected chi connectivity index (χ0v) is 32.9. The van der Waals surface area contributed by atoms with Crippen molar-refractivity contribution >= 4 is 41.4 Å². The predicted octanol–water partition coefficient (Wildman–Crippen LogP) is 3.71. The molecule has 7 amide bonds. The first kappa shape index (κ1) is 43.4. The third-order valence-corrected chi connectivity index (χ3v) is 9.93. The number of rotatable bonds is 15. The quantitative estimate of drug-likeness (QED) is 0.114.